The molecule has 12 nitrogen and oxygen atoms in total. The van der Waals surface area contributed by atoms with E-state index in [1.807, 2.05) is 6.92 Å². The fourth-order valence-corrected chi connectivity index (χ4v) is 7.41. The highest BCUT2D eigenvalue weighted by molar-refractivity contribution is 8.00. The number of β-lactam (4-membered cyclic amide) rings is 1. The van der Waals surface area contributed by atoms with Crippen LogP contribution in [-0.4, -0.2) is 106 Å². The molecule has 0 aliphatic carbocycles. The first kappa shape index (κ1) is 23.1. The number of nitrogens with zero attached hydrogens (tertiary/aromatic N) is 5. The number of nitrogens with one attached hydrogen (secondary N) is 1. The van der Waals surface area contributed by atoms with E-state index in [0.717, 1.165) is 56.3 Å². The third-order valence-electron chi connectivity index (χ3n) is 6.94. The lowest BCUT2D eigenvalue weighted by atomic mass is 9.99. The smallest absolute Gasteiger partial charge is 0.276 e. The molecule has 182 valence electrons. The quantitative estimate of drug-likeness (QED) is 0.192. The maximum absolute atomic E-state index is 13.2. The van der Waals surface area contributed by atoms with E-state index < -0.39 is 29.2 Å². The van der Waals surface area contributed by atoms with Crippen LogP contribution in [0.1, 0.15) is 12.6 Å². The molecular formula is C20H25N7O5S2. The van der Waals surface area contributed by atoms with Crippen LogP contribution in [0.15, 0.2) is 21.9 Å². The van der Waals surface area contributed by atoms with Crippen LogP contribution in [0.2, 0.25) is 0 Å². The van der Waals surface area contributed by atoms with Gasteiger partial charge in [-0.1, -0.05) is 5.16 Å². The van der Waals surface area contributed by atoms with Gasteiger partial charge in [-0.2, -0.15) is 0 Å². The number of aromatic nitrogens is 1. The van der Waals surface area contributed by atoms with Gasteiger partial charge in [0.25, 0.3) is 11.8 Å². The highest BCUT2D eigenvalue weighted by atomic mass is 32.2. The molecule has 0 radical (unpaired) electrons. The van der Waals surface area contributed by atoms with Gasteiger partial charge in [-0.05, 0) is 6.92 Å². The second kappa shape index (κ2) is 8.52. The number of aliphatic carboxylic acids is 1. The predicted molar refractivity (Wildman–Crippen MR) is 123 cm³/mol. The molecule has 3 atom stereocenters. The Morgan fingerprint density at radius 2 is 2.00 bits per heavy atom. The standard InChI is InChI=1S/C20H25N7O5S2/c1-10-15(27-6-3-25(4-7-27)5-8-27)14(19(30)31)26-17(29)13(18(26)34-10)23-16(28)12(24-32-2)11-9-33-20(21)22-11/h9-10,13,18H,3-8H2,1-2H3,(H3-,21,22,23,28,30,31)/b24-12-/t10?,13?,18-/m1/s1. The zero-order valence-corrected chi connectivity index (χ0v) is 20.4. The fraction of sp³-hybridized carbons (Fsp3) is 0.550. The number of hydrogen-bond donors (Lipinski definition) is 2. The van der Waals surface area contributed by atoms with E-state index in [4.69, 9.17) is 10.6 Å². The Morgan fingerprint density at radius 3 is 2.56 bits per heavy atom. The molecule has 4 fully saturated rings. The van der Waals surface area contributed by atoms with Gasteiger partial charge in [-0.25, -0.2) is 4.98 Å². The number of carboxylic acid groups (broad SMARTS) is 1. The van der Waals surface area contributed by atoms with Gasteiger partial charge in [-0.15, -0.1) is 23.1 Å². The summed E-state index contributed by atoms with van der Waals surface area (Å²) in [4.78, 5) is 50.9. The molecule has 0 aromatic carbocycles. The molecule has 5 aliphatic rings. The Bertz CT molecular complexity index is 1100. The molecule has 3 N–H and O–H groups in total. The summed E-state index contributed by atoms with van der Waals surface area (Å²) < 4.78 is 0.581. The number of carboxylic acids is 1. The fourth-order valence-electron chi connectivity index (χ4n) is 5.31. The van der Waals surface area contributed by atoms with Gasteiger partial charge in [0, 0.05) is 25.0 Å². The SMILES string of the molecule is CO/N=C(\C(=O)NC1C(=O)N2C(C(=O)[O-])=C([N+]34CCN(CC3)CC4)C(C)S[C@H]12)c1csc(N)n1. The molecule has 14 heteroatoms. The van der Waals surface area contributed by atoms with E-state index in [9.17, 15) is 19.5 Å². The Labute approximate surface area is 204 Å². The first-order chi connectivity index (χ1) is 16.3. The molecule has 2 amide bonds. The van der Waals surface area contributed by atoms with Crippen molar-refractivity contribution in [1.82, 2.24) is 20.1 Å². The summed E-state index contributed by atoms with van der Waals surface area (Å²) in [6.07, 6.45) is 0. The van der Waals surface area contributed by atoms with Crippen molar-refractivity contribution in [2.75, 3.05) is 52.1 Å². The molecule has 6 rings (SSSR count). The topological polar surface area (TPSA) is 153 Å². The molecule has 4 saturated heterocycles. The third-order valence-corrected chi connectivity index (χ3v) is 9.01. The first-order valence-corrected chi connectivity index (χ1v) is 12.7. The van der Waals surface area contributed by atoms with Crippen LogP contribution in [0, 0.1) is 0 Å². The summed E-state index contributed by atoms with van der Waals surface area (Å²) in [5.74, 6) is -2.50. The van der Waals surface area contributed by atoms with Crippen molar-refractivity contribution in [3.8, 4) is 0 Å². The molecule has 1 aromatic rings. The molecule has 0 spiro atoms. The summed E-state index contributed by atoms with van der Waals surface area (Å²) in [5, 5.41) is 19.9. The number of fused-ring (bicyclic) bond motifs is 4. The number of rotatable bonds is 6. The van der Waals surface area contributed by atoms with Crippen LogP contribution in [0.3, 0.4) is 0 Å². The van der Waals surface area contributed by atoms with Gasteiger partial charge in [0.1, 0.15) is 35.6 Å². The van der Waals surface area contributed by atoms with Crippen molar-refractivity contribution in [2.24, 2.45) is 5.16 Å². The van der Waals surface area contributed by atoms with Gasteiger partial charge in [0.2, 0.25) is 0 Å². The predicted octanol–water partition coefficient (Wildman–Crippen LogP) is -2.03. The lowest BCUT2D eigenvalue weighted by molar-refractivity contribution is -0.907. The number of amides is 2. The molecular weight excluding hydrogens is 482 g/mol. The Balaban J connectivity index is 1.42. The van der Waals surface area contributed by atoms with Gasteiger partial charge in [0.15, 0.2) is 10.8 Å². The van der Waals surface area contributed by atoms with Crippen molar-refractivity contribution in [1.29, 1.82) is 0 Å². The van der Waals surface area contributed by atoms with Crippen LogP contribution in [0.25, 0.3) is 0 Å². The summed E-state index contributed by atoms with van der Waals surface area (Å²) in [6.45, 7) is 7.12. The van der Waals surface area contributed by atoms with Crippen molar-refractivity contribution in [3.05, 3.63) is 22.5 Å². The zero-order chi connectivity index (χ0) is 24.2. The van der Waals surface area contributed by atoms with Gasteiger partial charge in [-0.3, -0.25) is 23.9 Å². The Hall–Kier alpha value is -2.68. The number of thiazole rings is 1. The van der Waals surface area contributed by atoms with E-state index in [1.165, 1.54) is 23.8 Å². The van der Waals surface area contributed by atoms with Crippen LogP contribution < -0.4 is 16.2 Å². The molecule has 5 aliphatic heterocycles. The van der Waals surface area contributed by atoms with Crippen molar-refractivity contribution >= 4 is 51.7 Å². The average Bonchev–Trinajstić information content (AvgIpc) is 3.26. The van der Waals surface area contributed by atoms with Crippen LogP contribution in [0.5, 0.6) is 0 Å². The summed E-state index contributed by atoms with van der Waals surface area (Å²) >= 11 is 2.62. The van der Waals surface area contributed by atoms with Crippen molar-refractivity contribution in [3.63, 3.8) is 0 Å². The molecule has 2 unspecified atom stereocenters. The van der Waals surface area contributed by atoms with Crippen molar-refractivity contribution < 1.29 is 28.8 Å². The minimum Gasteiger partial charge on any atom is -0.543 e. The minimum atomic E-state index is -1.36. The lowest BCUT2D eigenvalue weighted by Gasteiger charge is -2.57. The largest absolute Gasteiger partial charge is 0.543 e. The molecule has 0 saturated carbocycles. The zero-order valence-electron chi connectivity index (χ0n) is 18.7. The highest BCUT2D eigenvalue weighted by Crippen LogP contribution is 2.47. The average molecular weight is 508 g/mol. The number of carbonyl (C=O) groups is 3. The summed E-state index contributed by atoms with van der Waals surface area (Å²) in [6, 6.07) is -0.910. The number of oxime groups is 1. The number of thioether (sulfide) groups is 1. The molecule has 1 aromatic heterocycles. The van der Waals surface area contributed by atoms with Crippen LogP contribution in [0.4, 0.5) is 5.13 Å². The Morgan fingerprint density at radius 1 is 1.32 bits per heavy atom. The van der Waals surface area contributed by atoms with Gasteiger partial charge >= 0.3 is 0 Å². The van der Waals surface area contributed by atoms with E-state index in [-0.39, 0.29) is 27.5 Å². The number of piperazine rings is 3. The highest BCUT2D eigenvalue weighted by Gasteiger charge is 2.59. The molecule has 6 heterocycles. The number of nitrogen functional groups attached to an aromatic ring is 1. The number of anilines is 1. The molecule has 2 bridgehead atoms. The van der Waals surface area contributed by atoms with Crippen LogP contribution >= 0.6 is 23.1 Å². The minimum absolute atomic E-state index is 0.0415. The summed E-state index contributed by atoms with van der Waals surface area (Å²) in [5.41, 5.74) is 6.49. The maximum atomic E-state index is 13.2. The maximum Gasteiger partial charge on any atom is 0.276 e. The number of nitrogens with two attached hydrogens (primary N) is 1. The van der Waals surface area contributed by atoms with E-state index in [1.54, 1.807) is 5.38 Å². The van der Waals surface area contributed by atoms with Crippen molar-refractivity contribution in [2.45, 2.75) is 23.6 Å². The third kappa shape index (κ3) is 3.56. The monoisotopic (exact) mass is 507 g/mol. The number of carbonyl (C=O) groups excluding carboxylic acids is 3. The Kier molecular flexibility index (Phi) is 5.78. The number of quaternary nitrogens is 1. The summed E-state index contributed by atoms with van der Waals surface area (Å²) in [7, 11) is 1.30. The van der Waals surface area contributed by atoms with Crippen LogP contribution in [-0.2, 0) is 19.2 Å². The van der Waals surface area contributed by atoms with E-state index >= 15 is 0 Å². The molecule has 34 heavy (non-hydrogen) atoms. The first-order valence-electron chi connectivity index (χ1n) is 10.9. The second-order valence-corrected chi connectivity index (χ2v) is 11.1. The van der Waals surface area contributed by atoms with E-state index in [2.05, 4.69) is 20.4 Å². The van der Waals surface area contributed by atoms with Gasteiger partial charge in [0.05, 0.1) is 30.9 Å². The lowest BCUT2D eigenvalue weighted by Crippen LogP contribution is -2.75. The van der Waals surface area contributed by atoms with E-state index in [0.29, 0.717) is 4.48 Å². The normalized spacial score (nSPS) is 32.8. The second-order valence-electron chi connectivity index (χ2n) is 8.70. The number of hydrogen-bond acceptors (Lipinski definition) is 11. The van der Waals surface area contributed by atoms with Gasteiger partial charge < -0.3 is 25.8 Å².